The van der Waals surface area contributed by atoms with E-state index in [0.717, 1.165) is 17.9 Å². The molecule has 0 aliphatic rings. The van der Waals surface area contributed by atoms with Crippen molar-refractivity contribution in [1.82, 2.24) is 9.97 Å². The molecule has 4 nitrogen and oxygen atoms in total. The summed E-state index contributed by atoms with van der Waals surface area (Å²) in [5.41, 5.74) is 1.26. The minimum absolute atomic E-state index is 0.371. The van der Waals surface area contributed by atoms with Crippen molar-refractivity contribution in [2.24, 2.45) is 0 Å². The van der Waals surface area contributed by atoms with E-state index >= 15 is 0 Å². The number of hydrogen-bond acceptors (Lipinski definition) is 5. The third kappa shape index (κ3) is 3.90. The van der Waals surface area contributed by atoms with E-state index in [1.807, 2.05) is 30.6 Å². The van der Waals surface area contributed by atoms with Crippen molar-refractivity contribution in [3.63, 3.8) is 0 Å². The number of thioether (sulfide) groups is 1. The smallest absolute Gasteiger partial charge is 0.226 e. The predicted octanol–water partition coefficient (Wildman–Crippen LogP) is 2.23. The topological polar surface area (TPSA) is 52.8 Å². The highest BCUT2D eigenvalue weighted by molar-refractivity contribution is 7.98. The van der Waals surface area contributed by atoms with Gasteiger partial charge in [-0.15, -0.1) is 0 Å². The third-order valence-corrected chi connectivity index (χ3v) is 3.32. The molecule has 0 saturated heterocycles. The second-order valence-electron chi connectivity index (χ2n) is 4.05. The maximum absolute atomic E-state index is 8.89. The quantitative estimate of drug-likeness (QED) is 0.802. The molecule has 0 radical (unpaired) electrons. The van der Waals surface area contributed by atoms with E-state index in [0.29, 0.717) is 17.7 Å². The zero-order chi connectivity index (χ0) is 12.8. The SMILES string of the molecule is CSCCC(C)N(C)c1nc(C)cc(C#N)n1. The molecule has 1 unspecified atom stereocenters. The maximum Gasteiger partial charge on any atom is 0.226 e. The molecule has 1 aromatic heterocycles. The zero-order valence-corrected chi connectivity index (χ0v) is 11.6. The van der Waals surface area contributed by atoms with E-state index < -0.39 is 0 Å². The summed E-state index contributed by atoms with van der Waals surface area (Å²) in [6.45, 7) is 4.03. The molecule has 0 aromatic carbocycles. The molecule has 0 aliphatic carbocycles. The van der Waals surface area contributed by atoms with Gasteiger partial charge in [-0.3, -0.25) is 0 Å². The molecule has 17 heavy (non-hydrogen) atoms. The summed E-state index contributed by atoms with van der Waals surface area (Å²) < 4.78 is 0. The van der Waals surface area contributed by atoms with Crippen molar-refractivity contribution in [1.29, 1.82) is 5.26 Å². The van der Waals surface area contributed by atoms with Crippen LogP contribution in [0, 0.1) is 18.3 Å². The molecule has 0 fully saturated rings. The molecule has 92 valence electrons. The number of rotatable bonds is 5. The van der Waals surface area contributed by atoms with Crippen LogP contribution in [-0.4, -0.2) is 35.1 Å². The van der Waals surface area contributed by atoms with Gasteiger partial charge in [-0.05, 0) is 38.3 Å². The van der Waals surface area contributed by atoms with Gasteiger partial charge in [-0.25, -0.2) is 9.97 Å². The fraction of sp³-hybridized carbons (Fsp3) is 0.583. The highest BCUT2D eigenvalue weighted by Gasteiger charge is 2.13. The Morgan fingerprint density at radius 1 is 1.53 bits per heavy atom. The molecule has 1 atom stereocenters. The zero-order valence-electron chi connectivity index (χ0n) is 10.8. The van der Waals surface area contributed by atoms with Gasteiger partial charge in [0.25, 0.3) is 0 Å². The molecule has 0 N–H and O–H groups in total. The highest BCUT2D eigenvalue weighted by Crippen LogP contribution is 2.14. The summed E-state index contributed by atoms with van der Waals surface area (Å²) in [4.78, 5) is 10.6. The van der Waals surface area contributed by atoms with Crippen molar-refractivity contribution in [2.75, 3.05) is 24.0 Å². The van der Waals surface area contributed by atoms with Crippen LogP contribution in [-0.2, 0) is 0 Å². The first-order valence-corrected chi connectivity index (χ1v) is 6.95. The lowest BCUT2D eigenvalue weighted by molar-refractivity contribution is 0.652. The molecule has 1 aromatic rings. The average molecular weight is 250 g/mol. The molecular formula is C12H18N4S. The largest absolute Gasteiger partial charge is 0.341 e. The van der Waals surface area contributed by atoms with Gasteiger partial charge in [0.15, 0.2) is 0 Å². The highest BCUT2D eigenvalue weighted by atomic mass is 32.2. The van der Waals surface area contributed by atoms with Gasteiger partial charge in [0, 0.05) is 18.8 Å². The summed E-state index contributed by atoms with van der Waals surface area (Å²) in [6.07, 6.45) is 3.18. The summed E-state index contributed by atoms with van der Waals surface area (Å²) >= 11 is 1.83. The molecule has 0 aliphatic heterocycles. The lowest BCUT2D eigenvalue weighted by Crippen LogP contribution is -2.31. The van der Waals surface area contributed by atoms with Crippen LogP contribution in [0.15, 0.2) is 6.07 Å². The van der Waals surface area contributed by atoms with Crippen molar-refractivity contribution < 1.29 is 0 Å². The van der Waals surface area contributed by atoms with Crippen LogP contribution in [0.2, 0.25) is 0 Å². The number of nitriles is 1. The van der Waals surface area contributed by atoms with Crippen molar-refractivity contribution >= 4 is 17.7 Å². The Labute approximate surface area is 107 Å². The van der Waals surface area contributed by atoms with Crippen molar-refractivity contribution in [2.45, 2.75) is 26.3 Å². The first-order valence-electron chi connectivity index (χ1n) is 5.56. The Hall–Kier alpha value is -1.28. The minimum atomic E-state index is 0.371. The van der Waals surface area contributed by atoms with E-state index in [2.05, 4.69) is 29.2 Å². The van der Waals surface area contributed by atoms with Crippen LogP contribution >= 0.6 is 11.8 Å². The Morgan fingerprint density at radius 2 is 2.24 bits per heavy atom. The molecule has 1 rings (SSSR count). The second kappa shape index (κ2) is 6.45. The molecule has 0 spiro atoms. The van der Waals surface area contributed by atoms with E-state index in [4.69, 9.17) is 5.26 Å². The summed E-state index contributed by atoms with van der Waals surface area (Å²) in [5, 5.41) is 8.89. The normalized spacial score (nSPS) is 11.9. The first-order chi connectivity index (χ1) is 8.08. The van der Waals surface area contributed by atoms with Crippen LogP contribution in [0.25, 0.3) is 0 Å². The van der Waals surface area contributed by atoms with Crippen LogP contribution in [0.1, 0.15) is 24.7 Å². The summed E-state index contributed by atoms with van der Waals surface area (Å²) in [7, 11) is 1.97. The Kier molecular flexibility index (Phi) is 5.23. The van der Waals surface area contributed by atoms with Crippen molar-refractivity contribution in [3.8, 4) is 6.07 Å². The monoisotopic (exact) mass is 250 g/mol. The van der Waals surface area contributed by atoms with Gasteiger partial charge in [-0.1, -0.05) is 0 Å². The molecular weight excluding hydrogens is 232 g/mol. The minimum Gasteiger partial charge on any atom is -0.341 e. The maximum atomic E-state index is 8.89. The average Bonchev–Trinajstić information content (AvgIpc) is 2.34. The lowest BCUT2D eigenvalue weighted by Gasteiger charge is -2.24. The fourth-order valence-corrected chi connectivity index (χ4v) is 2.02. The van der Waals surface area contributed by atoms with Gasteiger partial charge in [0.2, 0.25) is 5.95 Å². The molecule has 0 bridgehead atoms. The molecule has 1 heterocycles. The molecule has 0 amide bonds. The van der Waals surface area contributed by atoms with Crippen LogP contribution < -0.4 is 4.90 Å². The lowest BCUT2D eigenvalue weighted by atomic mass is 10.2. The number of aryl methyl sites for hydroxylation is 1. The van der Waals surface area contributed by atoms with Gasteiger partial charge >= 0.3 is 0 Å². The van der Waals surface area contributed by atoms with E-state index in [-0.39, 0.29) is 0 Å². The van der Waals surface area contributed by atoms with Crippen LogP contribution in [0.3, 0.4) is 0 Å². The Bertz CT molecular complexity index is 413. The van der Waals surface area contributed by atoms with E-state index in [1.54, 1.807) is 6.07 Å². The Balaban J connectivity index is 2.84. The fourth-order valence-electron chi connectivity index (χ4n) is 1.45. The van der Waals surface area contributed by atoms with Gasteiger partial charge in [-0.2, -0.15) is 17.0 Å². The molecule has 0 saturated carbocycles. The summed E-state index contributed by atoms with van der Waals surface area (Å²) in [5.74, 6) is 1.75. The summed E-state index contributed by atoms with van der Waals surface area (Å²) in [6, 6.07) is 4.13. The number of nitrogens with zero attached hydrogens (tertiary/aromatic N) is 4. The number of hydrogen-bond donors (Lipinski definition) is 0. The van der Waals surface area contributed by atoms with Crippen LogP contribution in [0.5, 0.6) is 0 Å². The molecule has 5 heteroatoms. The predicted molar refractivity (Wildman–Crippen MR) is 72.3 cm³/mol. The van der Waals surface area contributed by atoms with Crippen LogP contribution in [0.4, 0.5) is 5.95 Å². The van der Waals surface area contributed by atoms with E-state index in [1.165, 1.54) is 0 Å². The van der Waals surface area contributed by atoms with Gasteiger partial charge in [0.1, 0.15) is 11.8 Å². The van der Waals surface area contributed by atoms with Crippen molar-refractivity contribution in [3.05, 3.63) is 17.5 Å². The first kappa shape index (κ1) is 13.8. The number of anilines is 1. The third-order valence-electron chi connectivity index (χ3n) is 2.67. The van der Waals surface area contributed by atoms with E-state index in [9.17, 15) is 0 Å². The van der Waals surface area contributed by atoms with Gasteiger partial charge < -0.3 is 4.90 Å². The number of aromatic nitrogens is 2. The second-order valence-corrected chi connectivity index (χ2v) is 5.03. The Morgan fingerprint density at radius 3 is 2.82 bits per heavy atom. The standard InChI is InChI=1S/C12H18N4S/c1-9-7-11(8-13)15-12(14-9)16(3)10(2)5-6-17-4/h7,10H,5-6H2,1-4H3. The van der Waals surface area contributed by atoms with Gasteiger partial charge in [0.05, 0.1) is 0 Å².